The van der Waals surface area contributed by atoms with Crippen LogP contribution in [-0.4, -0.2) is 23.2 Å². The Kier molecular flexibility index (Phi) is 4.84. The van der Waals surface area contributed by atoms with Gasteiger partial charge in [-0.1, -0.05) is 23.2 Å². The summed E-state index contributed by atoms with van der Waals surface area (Å²) in [6.45, 7) is 0.0742. The van der Waals surface area contributed by atoms with Gasteiger partial charge in [0.25, 0.3) is 0 Å². The first-order valence-electron chi connectivity index (χ1n) is 5.85. The first-order valence-corrected chi connectivity index (χ1v) is 8.09. The van der Waals surface area contributed by atoms with Crippen LogP contribution >= 0.6 is 23.2 Å². The van der Waals surface area contributed by atoms with Gasteiger partial charge in [-0.05, 0) is 17.7 Å². The molecule has 0 aliphatic carbocycles. The average molecular weight is 350 g/mol. The number of nitrogens with two attached hydrogens (primary N) is 1. The Morgan fingerprint density at radius 3 is 2.67 bits per heavy atom. The molecule has 0 aliphatic rings. The van der Waals surface area contributed by atoms with E-state index in [4.69, 9.17) is 28.9 Å². The number of rotatable bonds is 5. The Morgan fingerprint density at radius 1 is 1.38 bits per heavy atom. The fourth-order valence-corrected chi connectivity index (χ4v) is 3.59. The van der Waals surface area contributed by atoms with Crippen LogP contribution in [0.5, 0.6) is 0 Å². The molecule has 2 rings (SSSR count). The largest absolute Gasteiger partial charge is 0.326 e. The molecule has 2 aromatic rings. The second-order valence-electron chi connectivity index (χ2n) is 4.26. The molecule has 7 nitrogen and oxygen atoms in total. The fraction of sp³-hybridized carbons (Fsp3) is 0.273. The second-order valence-corrected chi connectivity index (χ2v) is 6.81. The van der Waals surface area contributed by atoms with Gasteiger partial charge < -0.3 is 10.3 Å². The SMILES string of the molecule is Cn1cnnc1CNS(=O)(=O)c1cc(Cl)cc(CN)c1Cl. The maximum absolute atomic E-state index is 12.3. The minimum Gasteiger partial charge on any atom is -0.326 e. The summed E-state index contributed by atoms with van der Waals surface area (Å²) in [4.78, 5) is -0.112. The molecule has 0 fully saturated rings. The third kappa shape index (κ3) is 3.53. The van der Waals surface area contributed by atoms with E-state index >= 15 is 0 Å². The molecule has 3 N–H and O–H groups in total. The van der Waals surface area contributed by atoms with Crippen molar-refractivity contribution in [2.45, 2.75) is 18.0 Å². The van der Waals surface area contributed by atoms with Gasteiger partial charge in [0.15, 0.2) is 0 Å². The summed E-state index contributed by atoms with van der Waals surface area (Å²) in [6.07, 6.45) is 1.47. The van der Waals surface area contributed by atoms with E-state index in [-0.39, 0.29) is 28.0 Å². The number of aryl methyl sites for hydroxylation is 1. The van der Waals surface area contributed by atoms with Crippen molar-refractivity contribution in [3.63, 3.8) is 0 Å². The lowest BCUT2D eigenvalue weighted by atomic mass is 10.2. The molecule has 114 valence electrons. The molecule has 1 aromatic heterocycles. The van der Waals surface area contributed by atoms with E-state index in [1.54, 1.807) is 11.6 Å². The molecule has 1 aromatic carbocycles. The summed E-state index contributed by atoms with van der Waals surface area (Å²) >= 11 is 12.0. The summed E-state index contributed by atoms with van der Waals surface area (Å²) in [6, 6.07) is 2.81. The fourth-order valence-electron chi connectivity index (χ4n) is 1.67. The average Bonchev–Trinajstić information content (AvgIpc) is 2.84. The lowest BCUT2D eigenvalue weighted by Gasteiger charge is -2.11. The summed E-state index contributed by atoms with van der Waals surface area (Å²) in [5, 5.41) is 7.77. The maximum Gasteiger partial charge on any atom is 0.242 e. The number of halogens is 2. The van der Waals surface area contributed by atoms with Crippen molar-refractivity contribution in [3.8, 4) is 0 Å². The van der Waals surface area contributed by atoms with E-state index in [0.29, 0.717) is 11.4 Å². The molecular formula is C11H13Cl2N5O2S. The molecule has 1 heterocycles. The highest BCUT2D eigenvalue weighted by Crippen LogP contribution is 2.29. The lowest BCUT2D eigenvalue weighted by Crippen LogP contribution is -2.25. The van der Waals surface area contributed by atoms with E-state index in [1.165, 1.54) is 18.5 Å². The standard InChI is InChI=1S/C11H13Cl2N5O2S/c1-18-6-15-17-10(18)5-16-21(19,20)9-3-8(12)2-7(4-14)11(9)13/h2-3,6,16H,4-5,14H2,1H3. The molecule has 0 saturated heterocycles. The van der Waals surface area contributed by atoms with Crippen LogP contribution in [-0.2, 0) is 30.2 Å². The zero-order chi connectivity index (χ0) is 15.6. The van der Waals surface area contributed by atoms with Crippen molar-refractivity contribution < 1.29 is 8.42 Å². The molecule has 0 atom stereocenters. The Morgan fingerprint density at radius 2 is 2.10 bits per heavy atom. The summed E-state index contributed by atoms with van der Waals surface area (Å²) < 4.78 is 28.7. The molecule has 0 aliphatic heterocycles. The van der Waals surface area contributed by atoms with Gasteiger partial charge in [0.05, 0.1) is 11.6 Å². The molecule has 0 spiro atoms. The number of benzene rings is 1. The van der Waals surface area contributed by atoms with Crippen molar-refractivity contribution in [3.05, 3.63) is 39.9 Å². The van der Waals surface area contributed by atoms with Crippen LogP contribution in [0.3, 0.4) is 0 Å². The highest BCUT2D eigenvalue weighted by Gasteiger charge is 2.21. The predicted octanol–water partition coefficient (Wildman–Crippen LogP) is 1.06. The Hall–Kier alpha value is -1.19. The molecule has 0 saturated carbocycles. The number of nitrogens with zero attached hydrogens (tertiary/aromatic N) is 3. The number of hydrogen-bond donors (Lipinski definition) is 2. The van der Waals surface area contributed by atoms with Crippen molar-refractivity contribution in [1.82, 2.24) is 19.5 Å². The third-order valence-corrected chi connectivity index (χ3v) is 5.02. The minimum atomic E-state index is -3.84. The number of nitrogens with one attached hydrogen (secondary N) is 1. The number of sulfonamides is 1. The zero-order valence-corrected chi connectivity index (χ0v) is 13.4. The number of aromatic nitrogens is 3. The van der Waals surface area contributed by atoms with Gasteiger partial charge in [-0.15, -0.1) is 10.2 Å². The van der Waals surface area contributed by atoms with Gasteiger partial charge in [0.2, 0.25) is 10.0 Å². The first kappa shape index (κ1) is 16.2. The van der Waals surface area contributed by atoms with E-state index < -0.39 is 10.0 Å². The second kappa shape index (κ2) is 6.29. The Bertz CT molecular complexity index is 760. The zero-order valence-electron chi connectivity index (χ0n) is 11.0. The van der Waals surface area contributed by atoms with Gasteiger partial charge in [0, 0.05) is 18.6 Å². The number of hydrogen-bond acceptors (Lipinski definition) is 5. The Balaban J connectivity index is 2.32. The molecule has 0 amide bonds. The van der Waals surface area contributed by atoms with Gasteiger partial charge in [-0.25, -0.2) is 13.1 Å². The highest BCUT2D eigenvalue weighted by molar-refractivity contribution is 7.89. The van der Waals surface area contributed by atoms with Crippen LogP contribution in [0.2, 0.25) is 10.0 Å². The van der Waals surface area contributed by atoms with Gasteiger partial charge in [0.1, 0.15) is 17.0 Å². The van der Waals surface area contributed by atoms with Crippen LogP contribution in [0.15, 0.2) is 23.4 Å². The maximum atomic E-state index is 12.3. The van der Waals surface area contributed by atoms with Crippen molar-refractivity contribution in [1.29, 1.82) is 0 Å². The molecule has 10 heteroatoms. The van der Waals surface area contributed by atoms with E-state index in [1.807, 2.05) is 0 Å². The minimum absolute atomic E-state index is 0.0143. The van der Waals surface area contributed by atoms with E-state index in [9.17, 15) is 8.42 Å². The summed E-state index contributed by atoms with van der Waals surface area (Å²) in [5.41, 5.74) is 5.98. The van der Waals surface area contributed by atoms with Crippen LogP contribution in [0.4, 0.5) is 0 Å². The van der Waals surface area contributed by atoms with Crippen LogP contribution < -0.4 is 10.5 Å². The summed E-state index contributed by atoms with van der Waals surface area (Å²) in [5.74, 6) is 0.468. The Labute approximate surface area is 132 Å². The van der Waals surface area contributed by atoms with E-state index in [0.717, 1.165) is 0 Å². The third-order valence-electron chi connectivity index (χ3n) is 2.81. The van der Waals surface area contributed by atoms with Crippen LogP contribution in [0.25, 0.3) is 0 Å². The predicted molar refractivity (Wildman–Crippen MR) is 79.4 cm³/mol. The lowest BCUT2D eigenvalue weighted by molar-refractivity contribution is 0.577. The van der Waals surface area contributed by atoms with Crippen molar-refractivity contribution in [2.24, 2.45) is 12.8 Å². The quantitative estimate of drug-likeness (QED) is 0.839. The summed E-state index contributed by atoms with van der Waals surface area (Å²) in [7, 11) is -2.13. The normalized spacial score (nSPS) is 11.8. The van der Waals surface area contributed by atoms with Crippen molar-refractivity contribution in [2.75, 3.05) is 0 Å². The van der Waals surface area contributed by atoms with E-state index in [2.05, 4.69) is 14.9 Å². The van der Waals surface area contributed by atoms with Crippen LogP contribution in [0, 0.1) is 0 Å². The first-order chi connectivity index (χ1) is 9.85. The smallest absolute Gasteiger partial charge is 0.242 e. The molecule has 0 unspecified atom stereocenters. The van der Waals surface area contributed by atoms with Crippen LogP contribution in [0.1, 0.15) is 11.4 Å². The molecular weight excluding hydrogens is 337 g/mol. The monoisotopic (exact) mass is 349 g/mol. The van der Waals surface area contributed by atoms with Gasteiger partial charge >= 0.3 is 0 Å². The highest BCUT2D eigenvalue weighted by atomic mass is 35.5. The molecule has 0 bridgehead atoms. The molecule has 0 radical (unpaired) electrons. The molecule has 21 heavy (non-hydrogen) atoms. The van der Waals surface area contributed by atoms with Gasteiger partial charge in [-0.3, -0.25) is 0 Å². The van der Waals surface area contributed by atoms with Crippen molar-refractivity contribution >= 4 is 33.2 Å². The van der Waals surface area contributed by atoms with Gasteiger partial charge in [-0.2, -0.15) is 0 Å². The topological polar surface area (TPSA) is 103 Å².